The first kappa shape index (κ1) is 22.8. The summed E-state index contributed by atoms with van der Waals surface area (Å²) in [5.74, 6) is -1.22. The fourth-order valence-electron chi connectivity index (χ4n) is 3.37. The SMILES string of the molecule is COC(=O)c1ccc(C2Sc3ccccc3N(CCN(C)C)C(=O)C2OC(C)=O)cc1. The number of thioether (sulfide) groups is 1. The van der Waals surface area contributed by atoms with Gasteiger partial charge in [-0.15, -0.1) is 11.8 Å². The quantitative estimate of drug-likeness (QED) is 0.636. The van der Waals surface area contributed by atoms with E-state index in [2.05, 4.69) is 0 Å². The lowest BCUT2D eigenvalue weighted by Gasteiger charge is -2.28. The first-order valence-corrected chi connectivity index (χ1v) is 10.8. The average molecular weight is 443 g/mol. The largest absolute Gasteiger partial charge is 0.465 e. The number of para-hydroxylation sites is 1. The Kier molecular flexibility index (Phi) is 7.35. The average Bonchev–Trinajstić information content (AvgIpc) is 2.86. The van der Waals surface area contributed by atoms with Gasteiger partial charge in [0.25, 0.3) is 5.91 Å². The maximum Gasteiger partial charge on any atom is 0.337 e. The molecule has 2 unspecified atom stereocenters. The van der Waals surface area contributed by atoms with Crippen LogP contribution in [0.2, 0.25) is 0 Å². The van der Waals surface area contributed by atoms with Gasteiger partial charge in [-0.25, -0.2) is 4.79 Å². The van der Waals surface area contributed by atoms with Crippen LogP contribution in [0.3, 0.4) is 0 Å². The molecule has 0 aliphatic carbocycles. The van der Waals surface area contributed by atoms with Gasteiger partial charge in [0.1, 0.15) is 0 Å². The third-order valence-corrected chi connectivity index (χ3v) is 6.29. The van der Waals surface area contributed by atoms with Crippen molar-refractivity contribution in [3.63, 3.8) is 0 Å². The second kappa shape index (κ2) is 9.98. The Morgan fingerprint density at radius 2 is 1.77 bits per heavy atom. The van der Waals surface area contributed by atoms with Gasteiger partial charge in [-0.05, 0) is 43.9 Å². The molecule has 1 amide bonds. The van der Waals surface area contributed by atoms with Crippen LogP contribution >= 0.6 is 11.8 Å². The van der Waals surface area contributed by atoms with E-state index in [-0.39, 0.29) is 5.91 Å². The molecule has 1 aliphatic heterocycles. The number of carbonyl (C=O) groups excluding carboxylic acids is 3. The lowest BCUT2D eigenvalue weighted by Crippen LogP contribution is -2.45. The summed E-state index contributed by atoms with van der Waals surface area (Å²) in [5.41, 5.74) is 1.99. The van der Waals surface area contributed by atoms with Crippen molar-refractivity contribution >= 4 is 35.3 Å². The van der Waals surface area contributed by atoms with Crippen molar-refractivity contribution in [2.24, 2.45) is 0 Å². The van der Waals surface area contributed by atoms with E-state index in [1.165, 1.54) is 25.8 Å². The second-order valence-corrected chi connectivity index (χ2v) is 8.63. The Balaban J connectivity index is 2.05. The van der Waals surface area contributed by atoms with Crippen LogP contribution < -0.4 is 4.90 Å². The number of ether oxygens (including phenoxy) is 2. The van der Waals surface area contributed by atoms with Gasteiger partial charge < -0.3 is 19.3 Å². The van der Waals surface area contributed by atoms with Gasteiger partial charge >= 0.3 is 11.9 Å². The molecular weight excluding hydrogens is 416 g/mol. The van der Waals surface area contributed by atoms with E-state index in [9.17, 15) is 14.4 Å². The molecule has 0 N–H and O–H groups in total. The van der Waals surface area contributed by atoms with Crippen LogP contribution in [0.15, 0.2) is 53.4 Å². The van der Waals surface area contributed by atoms with Crippen LogP contribution in [-0.4, -0.2) is 63.1 Å². The van der Waals surface area contributed by atoms with Crippen molar-refractivity contribution in [1.82, 2.24) is 4.90 Å². The molecule has 0 spiro atoms. The standard InChI is InChI=1S/C23H26N2O5S/c1-15(26)30-20-21(16-9-11-17(12-10-16)23(28)29-4)31-19-8-6-5-7-18(19)25(22(20)27)14-13-24(2)3/h5-12,20-21H,13-14H2,1-4H3. The normalized spacial score (nSPS) is 18.4. The molecular formula is C23H26N2O5S. The molecule has 0 bridgehead atoms. The van der Waals surface area contributed by atoms with Crippen molar-refractivity contribution in [3.8, 4) is 0 Å². The number of nitrogens with zero attached hydrogens (tertiary/aromatic N) is 2. The van der Waals surface area contributed by atoms with Crippen LogP contribution in [0.5, 0.6) is 0 Å². The maximum atomic E-state index is 13.6. The first-order chi connectivity index (χ1) is 14.8. The topological polar surface area (TPSA) is 76.2 Å². The van der Waals surface area contributed by atoms with Crippen LogP contribution in [-0.2, 0) is 19.1 Å². The molecule has 3 rings (SSSR count). The number of benzene rings is 2. The Labute approximate surface area is 186 Å². The molecule has 1 aliphatic rings. The highest BCUT2D eigenvalue weighted by atomic mass is 32.2. The number of hydrogen-bond acceptors (Lipinski definition) is 7. The zero-order valence-electron chi connectivity index (χ0n) is 18.0. The van der Waals surface area contributed by atoms with Crippen molar-refractivity contribution in [3.05, 3.63) is 59.7 Å². The summed E-state index contributed by atoms with van der Waals surface area (Å²) < 4.78 is 10.3. The first-order valence-electron chi connectivity index (χ1n) is 9.89. The van der Waals surface area contributed by atoms with Gasteiger partial charge in [-0.1, -0.05) is 24.3 Å². The number of fused-ring (bicyclic) bond motifs is 1. The summed E-state index contributed by atoms with van der Waals surface area (Å²) >= 11 is 1.47. The number of hydrogen-bond donors (Lipinski definition) is 0. The van der Waals surface area contributed by atoms with Crippen molar-refractivity contribution in [2.45, 2.75) is 23.2 Å². The van der Waals surface area contributed by atoms with E-state index in [1.54, 1.807) is 29.2 Å². The molecule has 31 heavy (non-hydrogen) atoms. The fraction of sp³-hybridized carbons (Fsp3) is 0.348. The lowest BCUT2D eigenvalue weighted by atomic mass is 10.0. The third kappa shape index (κ3) is 5.26. The number of anilines is 1. The maximum absolute atomic E-state index is 13.6. The predicted octanol–water partition coefficient (Wildman–Crippen LogP) is 3.15. The minimum atomic E-state index is -0.999. The fourth-order valence-corrected chi connectivity index (χ4v) is 4.69. The highest BCUT2D eigenvalue weighted by Crippen LogP contribution is 2.46. The second-order valence-electron chi connectivity index (χ2n) is 7.44. The van der Waals surface area contributed by atoms with E-state index < -0.39 is 23.3 Å². The van der Waals surface area contributed by atoms with E-state index in [1.807, 2.05) is 43.3 Å². The predicted molar refractivity (Wildman–Crippen MR) is 119 cm³/mol. The smallest absolute Gasteiger partial charge is 0.337 e. The molecule has 0 aromatic heterocycles. The highest BCUT2D eigenvalue weighted by Gasteiger charge is 2.40. The Bertz CT molecular complexity index is 961. The molecule has 2 aromatic carbocycles. The number of rotatable bonds is 6. The number of carbonyl (C=O) groups is 3. The number of methoxy groups -OCH3 is 1. The van der Waals surface area contributed by atoms with Crippen molar-refractivity contribution in [2.75, 3.05) is 39.2 Å². The minimum Gasteiger partial charge on any atom is -0.465 e. The molecule has 0 fully saturated rings. The van der Waals surface area contributed by atoms with Gasteiger partial charge in [-0.2, -0.15) is 0 Å². The number of likely N-dealkylation sites (N-methyl/N-ethyl adjacent to an activating group) is 1. The lowest BCUT2D eigenvalue weighted by molar-refractivity contribution is -0.152. The van der Waals surface area contributed by atoms with Crippen molar-refractivity contribution in [1.29, 1.82) is 0 Å². The molecule has 7 nitrogen and oxygen atoms in total. The summed E-state index contributed by atoms with van der Waals surface area (Å²) in [6.07, 6.45) is -0.999. The molecule has 0 saturated carbocycles. The van der Waals surface area contributed by atoms with Gasteiger partial charge in [0.2, 0.25) is 0 Å². The monoisotopic (exact) mass is 442 g/mol. The van der Waals surface area contributed by atoms with E-state index in [4.69, 9.17) is 9.47 Å². The van der Waals surface area contributed by atoms with Gasteiger partial charge in [0.15, 0.2) is 6.10 Å². The molecule has 164 valence electrons. The molecule has 1 heterocycles. The van der Waals surface area contributed by atoms with Crippen LogP contribution in [0.25, 0.3) is 0 Å². The van der Waals surface area contributed by atoms with Crippen molar-refractivity contribution < 1.29 is 23.9 Å². The summed E-state index contributed by atoms with van der Waals surface area (Å²) in [6, 6.07) is 14.5. The Morgan fingerprint density at radius 3 is 2.39 bits per heavy atom. The molecule has 2 aromatic rings. The summed E-state index contributed by atoms with van der Waals surface area (Å²) in [5, 5.41) is -0.464. The number of amides is 1. The summed E-state index contributed by atoms with van der Waals surface area (Å²) in [7, 11) is 5.21. The summed E-state index contributed by atoms with van der Waals surface area (Å²) in [4.78, 5) is 41.9. The van der Waals surface area contributed by atoms with Crippen LogP contribution in [0.4, 0.5) is 5.69 Å². The van der Waals surface area contributed by atoms with E-state index in [0.717, 1.165) is 16.1 Å². The molecule has 0 saturated heterocycles. The Hall–Kier alpha value is -2.84. The molecule has 8 heteroatoms. The van der Waals surface area contributed by atoms with Gasteiger partial charge in [0.05, 0.1) is 23.6 Å². The highest BCUT2D eigenvalue weighted by molar-refractivity contribution is 7.99. The number of esters is 2. The zero-order valence-corrected chi connectivity index (χ0v) is 18.8. The van der Waals surface area contributed by atoms with Gasteiger partial charge in [-0.3, -0.25) is 9.59 Å². The third-order valence-electron chi connectivity index (χ3n) is 4.92. The van der Waals surface area contributed by atoms with Crippen LogP contribution in [0.1, 0.15) is 28.1 Å². The Morgan fingerprint density at radius 1 is 1.10 bits per heavy atom. The van der Waals surface area contributed by atoms with E-state index >= 15 is 0 Å². The van der Waals surface area contributed by atoms with Gasteiger partial charge in [0, 0.05) is 24.9 Å². The molecule has 0 radical (unpaired) electrons. The van der Waals surface area contributed by atoms with E-state index in [0.29, 0.717) is 18.7 Å². The zero-order chi connectivity index (χ0) is 22.5. The molecule has 2 atom stereocenters. The summed E-state index contributed by atoms with van der Waals surface area (Å²) in [6.45, 7) is 2.43. The van der Waals surface area contributed by atoms with Crippen LogP contribution in [0, 0.1) is 0 Å². The minimum absolute atomic E-state index is 0.267.